The van der Waals surface area contributed by atoms with Crippen molar-refractivity contribution in [3.8, 4) is 5.75 Å². The van der Waals surface area contributed by atoms with Crippen LogP contribution < -0.4 is 9.64 Å². The molecule has 1 fully saturated rings. The molecule has 30 heavy (non-hydrogen) atoms. The van der Waals surface area contributed by atoms with Gasteiger partial charge in [0.25, 0.3) is 0 Å². The van der Waals surface area contributed by atoms with Crippen LogP contribution in [0.1, 0.15) is 17.5 Å². The highest BCUT2D eigenvalue weighted by Gasteiger charge is 2.21. The normalized spacial score (nSPS) is 16.8. The maximum absolute atomic E-state index is 13.0. The molecule has 1 aromatic heterocycles. The highest BCUT2D eigenvalue weighted by atomic mass is 16.5. The van der Waals surface area contributed by atoms with Crippen LogP contribution in [0.5, 0.6) is 5.75 Å². The lowest BCUT2D eigenvalue weighted by molar-refractivity contribution is -0.131. The van der Waals surface area contributed by atoms with Gasteiger partial charge < -0.3 is 24.3 Å². The van der Waals surface area contributed by atoms with Crippen LogP contribution >= 0.6 is 0 Å². The van der Waals surface area contributed by atoms with Crippen molar-refractivity contribution < 1.29 is 14.3 Å². The first kappa shape index (κ1) is 19.0. The molecule has 0 unspecified atom stereocenters. The number of amides is 1. The molecular weight excluding hydrogens is 378 g/mol. The average molecular weight is 405 g/mol. The molecule has 0 saturated carbocycles. The highest BCUT2D eigenvalue weighted by Crippen LogP contribution is 2.29. The van der Waals surface area contributed by atoms with E-state index in [1.807, 2.05) is 29.3 Å². The van der Waals surface area contributed by atoms with Gasteiger partial charge in [-0.1, -0.05) is 18.2 Å². The van der Waals surface area contributed by atoms with Gasteiger partial charge in [-0.3, -0.25) is 4.79 Å². The number of aryl methyl sites for hydroxylation is 1. The molecule has 5 rings (SSSR count). The quantitative estimate of drug-likeness (QED) is 0.723. The third-order valence-electron chi connectivity index (χ3n) is 6.04. The number of aromatic amines is 1. The predicted molar refractivity (Wildman–Crippen MR) is 117 cm³/mol. The van der Waals surface area contributed by atoms with Gasteiger partial charge in [0.1, 0.15) is 12.4 Å². The van der Waals surface area contributed by atoms with E-state index in [0.29, 0.717) is 26.1 Å². The lowest BCUT2D eigenvalue weighted by Crippen LogP contribution is -2.36. The number of carbonyl (C=O) groups excluding carboxylic acids is 1. The molecular formula is C24H27N3O3. The molecule has 0 atom stereocenters. The van der Waals surface area contributed by atoms with Crippen LogP contribution in [-0.4, -0.2) is 55.2 Å². The largest absolute Gasteiger partial charge is 0.491 e. The molecule has 1 N–H and O–H groups in total. The first-order valence-electron chi connectivity index (χ1n) is 10.7. The number of hydrogen-bond acceptors (Lipinski definition) is 4. The fourth-order valence-corrected chi connectivity index (χ4v) is 4.35. The Morgan fingerprint density at radius 2 is 1.90 bits per heavy atom. The van der Waals surface area contributed by atoms with Crippen molar-refractivity contribution in [2.45, 2.75) is 19.4 Å². The summed E-state index contributed by atoms with van der Waals surface area (Å²) in [5, 5.41) is 1.20. The average Bonchev–Trinajstić information content (AvgIpc) is 3.08. The van der Waals surface area contributed by atoms with E-state index in [1.54, 1.807) is 0 Å². The van der Waals surface area contributed by atoms with Crippen molar-refractivity contribution >= 4 is 22.5 Å². The molecule has 0 spiro atoms. The number of para-hydroxylation sites is 1. The summed E-state index contributed by atoms with van der Waals surface area (Å²) in [5.41, 5.74) is 4.57. The maximum Gasteiger partial charge on any atom is 0.223 e. The third-order valence-corrected chi connectivity index (χ3v) is 6.04. The molecule has 2 aliphatic heterocycles. The van der Waals surface area contributed by atoms with Gasteiger partial charge in [0.2, 0.25) is 5.91 Å². The second-order valence-electron chi connectivity index (χ2n) is 7.91. The Bertz CT molecular complexity index is 1040. The fraction of sp³-hybridized carbons (Fsp3) is 0.375. The molecule has 156 valence electrons. The number of morpholine rings is 1. The summed E-state index contributed by atoms with van der Waals surface area (Å²) in [6.07, 6.45) is 3.26. The Hall–Kier alpha value is -2.99. The summed E-state index contributed by atoms with van der Waals surface area (Å²) in [4.78, 5) is 20.6. The van der Waals surface area contributed by atoms with Crippen LogP contribution in [0, 0.1) is 0 Å². The smallest absolute Gasteiger partial charge is 0.223 e. The zero-order chi connectivity index (χ0) is 20.3. The Morgan fingerprint density at radius 1 is 1.03 bits per heavy atom. The van der Waals surface area contributed by atoms with E-state index in [0.717, 1.165) is 49.6 Å². The molecule has 0 bridgehead atoms. The summed E-state index contributed by atoms with van der Waals surface area (Å²) in [5.74, 6) is 1.06. The van der Waals surface area contributed by atoms with Crippen molar-refractivity contribution in [3.63, 3.8) is 0 Å². The van der Waals surface area contributed by atoms with Crippen LogP contribution in [0.3, 0.4) is 0 Å². The standard InChI is InChI=1S/C24H27N3O3/c28-24(8-5-18-16-25-22-4-2-1-3-21(18)22)27-11-14-30-23-7-6-20(15-19(23)17-27)26-9-12-29-13-10-26/h1-4,6-7,15-16,25H,5,8-14,17H2. The van der Waals surface area contributed by atoms with E-state index in [2.05, 4.69) is 34.1 Å². The molecule has 2 aliphatic rings. The molecule has 1 amide bonds. The van der Waals surface area contributed by atoms with Crippen LogP contribution in [0.4, 0.5) is 5.69 Å². The molecule has 3 heterocycles. The van der Waals surface area contributed by atoms with E-state index in [-0.39, 0.29) is 5.91 Å². The lowest BCUT2D eigenvalue weighted by Gasteiger charge is -2.29. The Labute approximate surface area is 176 Å². The van der Waals surface area contributed by atoms with E-state index >= 15 is 0 Å². The number of carbonyl (C=O) groups is 1. The van der Waals surface area contributed by atoms with Crippen LogP contribution in [0.15, 0.2) is 48.7 Å². The van der Waals surface area contributed by atoms with Gasteiger partial charge in [0, 0.05) is 54.4 Å². The molecule has 1 saturated heterocycles. The van der Waals surface area contributed by atoms with E-state index in [4.69, 9.17) is 9.47 Å². The summed E-state index contributed by atoms with van der Waals surface area (Å²) >= 11 is 0. The molecule has 6 heteroatoms. The zero-order valence-corrected chi connectivity index (χ0v) is 17.1. The van der Waals surface area contributed by atoms with Crippen molar-refractivity contribution in [1.82, 2.24) is 9.88 Å². The summed E-state index contributed by atoms with van der Waals surface area (Å²) in [7, 11) is 0. The van der Waals surface area contributed by atoms with Crippen molar-refractivity contribution in [3.05, 3.63) is 59.8 Å². The fourth-order valence-electron chi connectivity index (χ4n) is 4.35. The number of aromatic nitrogens is 1. The number of hydrogen-bond donors (Lipinski definition) is 1. The number of nitrogens with zero attached hydrogens (tertiary/aromatic N) is 2. The minimum atomic E-state index is 0.175. The van der Waals surface area contributed by atoms with Gasteiger partial charge in [-0.25, -0.2) is 0 Å². The summed E-state index contributed by atoms with van der Waals surface area (Å²) in [6.45, 7) is 5.05. The summed E-state index contributed by atoms with van der Waals surface area (Å²) in [6, 6.07) is 14.6. The number of rotatable bonds is 4. The minimum Gasteiger partial charge on any atom is -0.491 e. The van der Waals surface area contributed by atoms with Gasteiger partial charge in [-0.05, 0) is 36.2 Å². The van der Waals surface area contributed by atoms with Crippen LogP contribution in [-0.2, 0) is 22.5 Å². The minimum absolute atomic E-state index is 0.175. The van der Waals surface area contributed by atoms with Gasteiger partial charge in [-0.2, -0.15) is 0 Å². The second kappa shape index (κ2) is 8.40. The highest BCUT2D eigenvalue weighted by molar-refractivity contribution is 5.84. The summed E-state index contributed by atoms with van der Waals surface area (Å²) < 4.78 is 11.4. The number of H-pyrrole nitrogens is 1. The Kier molecular flexibility index (Phi) is 5.32. The van der Waals surface area contributed by atoms with Crippen molar-refractivity contribution in [2.24, 2.45) is 0 Å². The SMILES string of the molecule is O=C(CCc1c[nH]c2ccccc12)N1CCOc2ccc(N3CCOCC3)cc2C1. The Morgan fingerprint density at radius 3 is 2.80 bits per heavy atom. The number of nitrogens with one attached hydrogen (secondary N) is 1. The zero-order valence-electron chi connectivity index (χ0n) is 17.1. The number of fused-ring (bicyclic) bond motifs is 2. The molecule has 2 aromatic carbocycles. The van der Waals surface area contributed by atoms with Gasteiger partial charge in [-0.15, -0.1) is 0 Å². The van der Waals surface area contributed by atoms with Crippen molar-refractivity contribution in [2.75, 3.05) is 44.4 Å². The first-order valence-corrected chi connectivity index (χ1v) is 10.7. The monoisotopic (exact) mass is 405 g/mol. The number of anilines is 1. The first-order chi connectivity index (χ1) is 14.8. The predicted octanol–water partition coefficient (Wildman–Crippen LogP) is 3.36. The van der Waals surface area contributed by atoms with Gasteiger partial charge >= 0.3 is 0 Å². The third kappa shape index (κ3) is 3.87. The topological polar surface area (TPSA) is 57.8 Å². The molecule has 0 aliphatic carbocycles. The van der Waals surface area contributed by atoms with E-state index < -0.39 is 0 Å². The van der Waals surface area contributed by atoms with E-state index in [9.17, 15) is 4.79 Å². The Balaban J connectivity index is 1.28. The van der Waals surface area contributed by atoms with Crippen LogP contribution in [0.2, 0.25) is 0 Å². The maximum atomic E-state index is 13.0. The van der Waals surface area contributed by atoms with Gasteiger partial charge in [0.05, 0.1) is 19.8 Å². The van der Waals surface area contributed by atoms with Gasteiger partial charge in [0.15, 0.2) is 0 Å². The molecule has 6 nitrogen and oxygen atoms in total. The molecule has 3 aromatic rings. The lowest BCUT2D eigenvalue weighted by atomic mass is 10.1. The molecule has 0 radical (unpaired) electrons. The number of benzene rings is 2. The van der Waals surface area contributed by atoms with E-state index in [1.165, 1.54) is 16.6 Å². The van der Waals surface area contributed by atoms with Crippen molar-refractivity contribution in [1.29, 1.82) is 0 Å². The number of ether oxygens (including phenoxy) is 2. The van der Waals surface area contributed by atoms with Crippen LogP contribution in [0.25, 0.3) is 10.9 Å². The second-order valence-corrected chi connectivity index (χ2v) is 7.91.